The van der Waals surface area contributed by atoms with Gasteiger partial charge in [0.25, 0.3) is 0 Å². The Morgan fingerprint density at radius 3 is 2.65 bits per heavy atom. The second-order valence-electron chi connectivity index (χ2n) is 7.03. The summed E-state index contributed by atoms with van der Waals surface area (Å²) in [6, 6.07) is 7.87. The van der Waals surface area contributed by atoms with Gasteiger partial charge in [0.1, 0.15) is 5.82 Å². The molecule has 130 valence electrons. The van der Waals surface area contributed by atoms with Crippen LogP contribution < -0.4 is 5.32 Å². The highest BCUT2D eigenvalue weighted by Gasteiger charge is 2.25. The topological polar surface area (TPSA) is 15.3 Å². The minimum Gasteiger partial charge on any atom is -0.316 e. The molecular formula is C19H30ClFN2. The molecule has 4 heteroatoms. The number of piperidine rings is 1. The smallest absolute Gasteiger partial charge is 0.123 e. The first-order valence-corrected chi connectivity index (χ1v) is 9.00. The summed E-state index contributed by atoms with van der Waals surface area (Å²) in [6.07, 6.45) is 9.10. The Balaban J connectivity index is 0.00000192. The molecule has 1 aliphatic heterocycles. The zero-order valence-electron chi connectivity index (χ0n) is 14.0. The van der Waals surface area contributed by atoms with Gasteiger partial charge in [-0.1, -0.05) is 25.0 Å². The van der Waals surface area contributed by atoms with Gasteiger partial charge in [0.2, 0.25) is 0 Å². The van der Waals surface area contributed by atoms with Crippen LogP contribution in [-0.4, -0.2) is 37.1 Å². The van der Waals surface area contributed by atoms with Gasteiger partial charge in [-0.05, 0) is 68.8 Å². The molecule has 1 N–H and O–H groups in total. The minimum atomic E-state index is -0.110. The molecule has 1 aliphatic carbocycles. The van der Waals surface area contributed by atoms with Gasteiger partial charge >= 0.3 is 0 Å². The molecule has 23 heavy (non-hydrogen) atoms. The number of nitrogens with zero attached hydrogens (tertiary/aromatic N) is 1. The molecule has 1 saturated heterocycles. The van der Waals surface area contributed by atoms with Crippen molar-refractivity contribution in [3.8, 4) is 0 Å². The zero-order valence-corrected chi connectivity index (χ0v) is 14.8. The van der Waals surface area contributed by atoms with E-state index in [1.165, 1.54) is 64.2 Å². The number of benzene rings is 1. The van der Waals surface area contributed by atoms with Crippen molar-refractivity contribution >= 4 is 12.4 Å². The lowest BCUT2D eigenvalue weighted by atomic mass is 9.97. The zero-order chi connectivity index (χ0) is 15.2. The molecule has 1 aromatic carbocycles. The summed E-state index contributed by atoms with van der Waals surface area (Å²) in [4.78, 5) is 2.70. The van der Waals surface area contributed by atoms with Crippen molar-refractivity contribution in [3.05, 3.63) is 35.6 Å². The van der Waals surface area contributed by atoms with Crippen LogP contribution in [0.1, 0.15) is 44.1 Å². The predicted molar refractivity (Wildman–Crippen MR) is 96.8 cm³/mol. The van der Waals surface area contributed by atoms with Gasteiger partial charge in [0.15, 0.2) is 0 Å². The molecular weight excluding hydrogens is 311 g/mol. The first-order chi connectivity index (χ1) is 10.8. The molecule has 3 rings (SSSR count). The SMILES string of the molecule is Cl.Fc1cccc(CCN(CC2CCCNC2)C2CCCC2)c1. The summed E-state index contributed by atoms with van der Waals surface area (Å²) in [5.41, 5.74) is 1.13. The Labute approximate surface area is 146 Å². The van der Waals surface area contributed by atoms with Crippen molar-refractivity contribution < 1.29 is 4.39 Å². The number of hydrogen-bond donors (Lipinski definition) is 1. The molecule has 1 aromatic rings. The largest absolute Gasteiger partial charge is 0.316 e. The number of rotatable bonds is 6. The van der Waals surface area contributed by atoms with Crippen LogP contribution in [-0.2, 0) is 6.42 Å². The van der Waals surface area contributed by atoms with Gasteiger partial charge < -0.3 is 5.32 Å². The molecule has 0 amide bonds. The van der Waals surface area contributed by atoms with E-state index in [4.69, 9.17) is 0 Å². The van der Waals surface area contributed by atoms with Gasteiger partial charge in [-0.15, -0.1) is 12.4 Å². The lowest BCUT2D eigenvalue weighted by molar-refractivity contribution is 0.156. The standard InChI is InChI=1S/C19H29FN2.ClH/c20-18-7-3-5-16(13-18)10-12-22(19-8-1-2-9-19)15-17-6-4-11-21-14-17;/h3,5,7,13,17,19,21H,1-2,4,6,8-12,14-15H2;1H. The Hall–Kier alpha value is -0.640. The fraction of sp³-hybridized carbons (Fsp3) is 0.684. The number of halogens is 2. The Morgan fingerprint density at radius 1 is 1.13 bits per heavy atom. The number of hydrogen-bond acceptors (Lipinski definition) is 2. The first kappa shape index (κ1) is 18.7. The molecule has 0 radical (unpaired) electrons. The van der Waals surface area contributed by atoms with E-state index < -0.39 is 0 Å². The second kappa shape index (κ2) is 9.61. The van der Waals surface area contributed by atoms with E-state index in [-0.39, 0.29) is 18.2 Å². The third kappa shape index (κ3) is 5.74. The van der Waals surface area contributed by atoms with Gasteiger partial charge in [-0.2, -0.15) is 0 Å². The summed E-state index contributed by atoms with van der Waals surface area (Å²) in [6.45, 7) is 4.64. The third-order valence-corrected chi connectivity index (χ3v) is 5.31. The van der Waals surface area contributed by atoms with Crippen molar-refractivity contribution in [3.63, 3.8) is 0 Å². The molecule has 1 saturated carbocycles. The van der Waals surface area contributed by atoms with E-state index in [0.29, 0.717) is 0 Å². The highest BCUT2D eigenvalue weighted by Crippen LogP contribution is 2.25. The van der Waals surface area contributed by atoms with E-state index in [2.05, 4.69) is 16.3 Å². The van der Waals surface area contributed by atoms with Gasteiger partial charge in [-0.3, -0.25) is 4.90 Å². The van der Waals surface area contributed by atoms with Crippen LogP contribution in [0.4, 0.5) is 4.39 Å². The fourth-order valence-electron chi connectivity index (χ4n) is 4.07. The van der Waals surface area contributed by atoms with Gasteiger partial charge in [0.05, 0.1) is 0 Å². The van der Waals surface area contributed by atoms with Crippen molar-refractivity contribution in [1.82, 2.24) is 10.2 Å². The highest BCUT2D eigenvalue weighted by molar-refractivity contribution is 5.85. The second-order valence-corrected chi connectivity index (χ2v) is 7.03. The van der Waals surface area contributed by atoms with E-state index in [1.54, 1.807) is 6.07 Å². The summed E-state index contributed by atoms with van der Waals surface area (Å²) in [5.74, 6) is 0.684. The Kier molecular flexibility index (Phi) is 7.81. The van der Waals surface area contributed by atoms with Crippen LogP contribution in [0.15, 0.2) is 24.3 Å². The fourth-order valence-corrected chi connectivity index (χ4v) is 4.07. The maximum Gasteiger partial charge on any atom is 0.123 e. The monoisotopic (exact) mass is 340 g/mol. The molecule has 0 aromatic heterocycles. The number of nitrogens with one attached hydrogen (secondary N) is 1. The molecule has 0 bridgehead atoms. The molecule has 0 spiro atoms. The quantitative estimate of drug-likeness (QED) is 0.841. The lowest BCUT2D eigenvalue weighted by Gasteiger charge is -2.34. The molecule has 2 aliphatic rings. The molecule has 2 nitrogen and oxygen atoms in total. The third-order valence-electron chi connectivity index (χ3n) is 5.31. The summed E-state index contributed by atoms with van der Waals surface area (Å²) >= 11 is 0. The summed E-state index contributed by atoms with van der Waals surface area (Å²) in [7, 11) is 0. The summed E-state index contributed by atoms with van der Waals surface area (Å²) in [5, 5.41) is 3.54. The average molecular weight is 341 g/mol. The van der Waals surface area contributed by atoms with Crippen molar-refractivity contribution in [1.29, 1.82) is 0 Å². The van der Waals surface area contributed by atoms with Crippen molar-refractivity contribution in [2.45, 2.75) is 51.0 Å². The molecule has 1 atom stereocenters. The van der Waals surface area contributed by atoms with Crippen LogP contribution in [0.2, 0.25) is 0 Å². The Bertz CT molecular complexity index is 456. The molecule has 1 unspecified atom stereocenters. The van der Waals surface area contributed by atoms with Crippen molar-refractivity contribution in [2.75, 3.05) is 26.2 Å². The normalized spacial score (nSPS) is 22.3. The van der Waals surface area contributed by atoms with Crippen molar-refractivity contribution in [2.24, 2.45) is 5.92 Å². The van der Waals surface area contributed by atoms with E-state index >= 15 is 0 Å². The van der Waals surface area contributed by atoms with Crippen LogP contribution in [0.25, 0.3) is 0 Å². The van der Waals surface area contributed by atoms with Crippen LogP contribution in [0.5, 0.6) is 0 Å². The minimum absolute atomic E-state index is 0. The maximum absolute atomic E-state index is 13.3. The molecule has 2 fully saturated rings. The lowest BCUT2D eigenvalue weighted by Crippen LogP contribution is -2.43. The van der Waals surface area contributed by atoms with E-state index in [9.17, 15) is 4.39 Å². The van der Waals surface area contributed by atoms with Gasteiger partial charge in [0, 0.05) is 19.1 Å². The summed E-state index contributed by atoms with van der Waals surface area (Å²) < 4.78 is 13.3. The first-order valence-electron chi connectivity index (χ1n) is 9.00. The average Bonchev–Trinajstić information content (AvgIpc) is 3.07. The Morgan fingerprint density at radius 2 is 1.96 bits per heavy atom. The highest BCUT2D eigenvalue weighted by atomic mass is 35.5. The van der Waals surface area contributed by atoms with E-state index in [1.807, 2.05) is 6.07 Å². The van der Waals surface area contributed by atoms with Crippen LogP contribution >= 0.6 is 12.4 Å². The molecule has 1 heterocycles. The van der Waals surface area contributed by atoms with E-state index in [0.717, 1.165) is 30.5 Å². The van der Waals surface area contributed by atoms with Crippen LogP contribution in [0.3, 0.4) is 0 Å². The maximum atomic E-state index is 13.3. The van der Waals surface area contributed by atoms with Gasteiger partial charge in [-0.25, -0.2) is 4.39 Å². The van der Waals surface area contributed by atoms with Crippen LogP contribution in [0, 0.1) is 11.7 Å². The predicted octanol–water partition coefficient (Wildman–Crippen LogP) is 4.03.